The summed E-state index contributed by atoms with van der Waals surface area (Å²) in [4.78, 5) is 27.9. The van der Waals surface area contributed by atoms with Crippen molar-refractivity contribution in [2.75, 3.05) is 13.7 Å². The minimum atomic E-state index is -0.620. The molecule has 0 aliphatic heterocycles. The molecule has 6 nitrogen and oxygen atoms in total. The predicted molar refractivity (Wildman–Crippen MR) is 137 cm³/mol. The first-order valence-corrected chi connectivity index (χ1v) is 12.7. The molecule has 34 heavy (non-hydrogen) atoms. The Hall–Kier alpha value is -2.54. The molecule has 0 radical (unpaired) electrons. The molecule has 1 fully saturated rings. The van der Waals surface area contributed by atoms with E-state index in [0.717, 1.165) is 41.5 Å². The van der Waals surface area contributed by atoms with E-state index in [1.54, 1.807) is 18.9 Å². The molecular weight excluding hydrogens is 496 g/mol. The van der Waals surface area contributed by atoms with Crippen molar-refractivity contribution >= 4 is 27.7 Å². The van der Waals surface area contributed by atoms with E-state index in [0.29, 0.717) is 18.2 Å². The Kier molecular flexibility index (Phi) is 9.39. The molecule has 0 spiro atoms. The van der Waals surface area contributed by atoms with Crippen molar-refractivity contribution in [3.8, 4) is 11.5 Å². The van der Waals surface area contributed by atoms with Gasteiger partial charge in [0.1, 0.15) is 17.5 Å². The van der Waals surface area contributed by atoms with Crippen LogP contribution in [0.15, 0.2) is 46.9 Å². The SMILES string of the molecule is COc1ccc(CN(C(=O)COc2ccc(C(C)C)cc2Br)C(C)C(=O)NC2CCCC2)cc1. The monoisotopic (exact) mass is 530 g/mol. The first-order chi connectivity index (χ1) is 16.3. The van der Waals surface area contributed by atoms with Gasteiger partial charge in [0.25, 0.3) is 5.91 Å². The van der Waals surface area contributed by atoms with Crippen LogP contribution in [-0.4, -0.2) is 42.5 Å². The number of hydrogen-bond acceptors (Lipinski definition) is 4. The summed E-state index contributed by atoms with van der Waals surface area (Å²) in [5.74, 6) is 1.36. The standard InChI is InChI=1S/C27H35BrN2O4/c1-18(2)21-11-14-25(24(28)15-21)34-17-26(31)30(16-20-9-12-23(33-4)13-10-20)19(3)27(32)29-22-7-5-6-8-22/h9-15,18-19,22H,5-8,16-17H2,1-4H3,(H,29,32). The number of ether oxygens (including phenoxy) is 2. The van der Waals surface area contributed by atoms with Crippen LogP contribution in [-0.2, 0) is 16.1 Å². The average Bonchev–Trinajstić information content (AvgIpc) is 3.34. The van der Waals surface area contributed by atoms with Crippen LogP contribution in [0.25, 0.3) is 0 Å². The molecule has 1 N–H and O–H groups in total. The molecule has 0 aromatic heterocycles. The molecule has 1 unspecified atom stereocenters. The Morgan fingerprint density at radius 2 is 1.76 bits per heavy atom. The van der Waals surface area contributed by atoms with Crippen molar-refractivity contribution in [3.63, 3.8) is 0 Å². The summed E-state index contributed by atoms with van der Waals surface area (Å²) >= 11 is 3.55. The third kappa shape index (κ3) is 6.98. The van der Waals surface area contributed by atoms with Gasteiger partial charge in [0.15, 0.2) is 6.61 Å². The third-order valence-electron chi connectivity index (χ3n) is 6.35. The maximum Gasteiger partial charge on any atom is 0.261 e. The lowest BCUT2D eigenvalue weighted by Gasteiger charge is -2.29. The van der Waals surface area contributed by atoms with Gasteiger partial charge in [-0.15, -0.1) is 0 Å². The minimum Gasteiger partial charge on any atom is -0.497 e. The van der Waals surface area contributed by atoms with E-state index in [2.05, 4.69) is 35.1 Å². The van der Waals surface area contributed by atoms with Crippen LogP contribution < -0.4 is 14.8 Å². The van der Waals surface area contributed by atoms with E-state index in [1.807, 2.05) is 42.5 Å². The highest BCUT2D eigenvalue weighted by Crippen LogP contribution is 2.29. The molecule has 0 bridgehead atoms. The van der Waals surface area contributed by atoms with Crippen LogP contribution in [0.3, 0.4) is 0 Å². The number of amides is 2. The van der Waals surface area contributed by atoms with Crippen molar-refractivity contribution in [1.82, 2.24) is 10.2 Å². The number of nitrogens with one attached hydrogen (secondary N) is 1. The van der Waals surface area contributed by atoms with E-state index in [4.69, 9.17) is 9.47 Å². The molecule has 1 saturated carbocycles. The number of carbonyl (C=O) groups excluding carboxylic acids is 2. The fourth-order valence-electron chi connectivity index (χ4n) is 4.12. The highest BCUT2D eigenvalue weighted by atomic mass is 79.9. The number of carbonyl (C=O) groups is 2. The second-order valence-electron chi connectivity index (χ2n) is 9.17. The first-order valence-electron chi connectivity index (χ1n) is 11.9. The molecule has 2 amide bonds. The lowest BCUT2D eigenvalue weighted by molar-refractivity contribution is -0.142. The van der Waals surface area contributed by atoms with Gasteiger partial charge in [-0.1, -0.05) is 44.9 Å². The fourth-order valence-corrected chi connectivity index (χ4v) is 4.63. The van der Waals surface area contributed by atoms with Crippen LogP contribution >= 0.6 is 15.9 Å². The van der Waals surface area contributed by atoms with Crippen LogP contribution in [0.5, 0.6) is 11.5 Å². The van der Waals surface area contributed by atoms with Crippen LogP contribution in [0.1, 0.15) is 63.5 Å². The Labute approximate surface area is 211 Å². The molecule has 1 aliphatic rings. The highest BCUT2D eigenvalue weighted by molar-refractivity contribution is 9.10. The zero-order valence-electron chi connectivity index (χ0n) is 20.5. The summed E-state index contributed by atoms with van der Waals surface area (Å²) in [6.07, 6.45) is 4.25. The first kappa shape index (κ1) is 26.1. The van der Waals surface area contributed by atoms with Crippen molar-refractivity contribution in [1.29, 1.82) is 0 Å². The molecular formula is C27H35BrN2O4. The number of rotatable bonds is 10. The Balaban J connectivity index is 1.72. The summed E-state index contributed by atoms with van der Waals surface area (Å²) in [5.41, 5.74) is 2.10. The van der Waals surface area contributed by atoms with Gasteiger partial charge in [-0.05, 0) is 77.0 Å². The van der Waals surface area contributed by atoms with Crippen LogP contribution in [0.2, 0.25) is 0 Å². The summed E-state index contributed by atoms with van der Waals surface area (Å²) in [6.45, 7) is 6.18. The Bertz CT molecular complexity index is 971. The van der Waals surface area contributed by atoms with Gasteiger partial charge in [-0.25, -0.2) is 0 Å². The highest BCUT2D eigenvalue weighted by Gasteiger charge is 2.29. The number of methoxy groups -OCH3 is 1. The summed E-state index contributed by atoms with van der Waals surface area (Å²) < 4.78 is 11.9. The quantitative estimate of drug-likeness (QED) is 0.444. The normalized spacial score (nSPS) is 14.6. The molecule has 1 aliphatic carbocycles. The van der Waals surface area contributed by atoms with Gasteiger partial charge in [0, 0.05) is 12.6 Å². The van der Waals surface area contributed by atoms with Crippen LogP contribution in [0.4, 0.5) is 0 Å². The topological polar surface area (TPSA) is 67.9 Å². The molecule has 2 aromatic carbocycles. The van der Waals surface area contributed by atoms with Crippen molar-refractivity contribution in [2.45, 2.75) is 71.0 Å². The summed E-state index contributed by atoms with van der Waals surface area (Å²) in [7, 11) is 1.61. The van der Waals surface area contributed by atoms with Crippen LogP contribution in [0, 0.1) is 0 Å². The van der Waals surface area contributed by atoms with Gasteiger partial charge < -0.3 is 19.7 Å². The maximum absolute atomic E-state index is 13.3. The molecule has 1 atom stereocenters. The lowest BCUT2D eigenvalue weighted by Crippen LogP contribution is -2.50. The van der Waals surface area contributed by atoms with Crippen molar-refractivity contribution in [2.24, 2.45) is 0 Å². The van der Waals surface area contributed by atoms with Crippen molar-refractivity contribution < 1.29 is 19.1 Å². The molecule has 2 aromatic rings. The van der Waals surface area contributed by atoms with Gasteiger partial charge in [0.05, 0.1) is 11.6 Å². The lowest BCUT2D eigenvalue weighted by atomic mass is 10.0. The molecule has 7 heteroatoms. The number of nitrogens with zero attached hydrogens (tertiary/aromatic N) is 1. The smallest absolute Gasteiger partial charge is 0.261 e. The van der Waals surface area contributed by atoms with E-state index in [9.17, 15) is 9.59 Å². The summed E-state index contributed by atoms with van der Waals surface area (Å²) in [6, 6.07) is 13.0. The van der Waals surface area contributed by atoms with E-state index >= 15 is 0 Å². The average molecular weight is 531 g/mol. The molecule has 184 valence electrons. The maximum atomic E-state index is 13.3. The Morgan fingerprint density at radius 1 is 1.09 bits per heavy atom. The minimum absolute atomic E-state index is 0.128. The molecule has 0 heterocycles. The molecule has 0 saturated heterocycles. The second kappa shape index (κ2) is 12.2. The van der Waals surface area contributed by atoms with Gasteiger partial charge in [0.2, 0.25) is 5.91 Å². The van der Waals surface area contributed by atoms with Gasteiger partial charge in [-0.2, -0.15) is 0 Å². The van der Waals surface area contributed by atoms with Gasteiger partial charge >= 0.3 is 0 Å². The molecule has 3 rings (SSSR count). The van der Waals surface area contributed by atoms with E-state index in [-0.39, 0.29) is 24.5 Å². The predicted octanol–water partition coefficient (Wildman–Crippen LogP) is 5.44. The zero-order valence-corrected chi connectivity index (χ0v) is 22.1. The summed E-state index contributed by atoms with van der Waals surface area (Å²) in [5, 5.41) is 3.12. The van der Waals surface area contributed by atoms with Crippen molar-refractivity contribution in [3.05, 3.63) is 58.1 Å². The second-order valence-corrected chi connectivity index (χ2v) is 10.0. The fraction of sp³-hybridized carbons (Fsp3) is 0.481. The number of halogens is 1. The van der Waals surface area contributed by atoms with E-state index < -0.39 is 6.04 Å². The largest absolute Gasteiger partial charge is 0.497 e. The van der Waals surface area contributed by atoms with E-state index in [1.165, 1.54) is 5.56 Å². The number of benzene rings is 2. The third-order valence-corrected chi connectivity index (χ3v) is 6.97. The Morgan fingerprint density at radius 3 is 2.35 bits per heavy atom. The van der Waals surface area contributed by atoms with Gasteiger partial charge in [-0.3, -0.25) is 9.59 Å². The number of hydrogen-bond donors (Lipinski definition) is 1. The zero-order chi connectivity index (χ0) is 24.7.